The summed E-state index contributed by atoms with van der Waals surface area (Å²) in [6, 6.07) is 21.4. The summed E-state index contributed by atoms with van der Waals surface area (Å²) in [5.74, 6) is -2.28. The lowest BCUT2D eigenvalue weighted by molar-refractivity contribution is -0.192. The molecule has 0 aliphatic carbocycles. The topological polar surface area (TPSA) is 90.0 Å². The van der Waals surface area contributed by atoms with Crippen LogP contribution in [0.4, 0.5) is 17.6 Å². The van der Waals surface area contributed by atoms with Crippen LogP contribution in [0.5, 0.6) is 0 Å². The second kappa shape index (κ2) is 11.6. The SMILES string of the molecule is CNCCNCc1cccc(-c2cccc(-c3nc4ccc(F)cc4[nH]3)c2)c1.O=C(O)C(F)(F)F. The molecule has 4 rings (SSSR count). The van der Waals surface area contributed by atoms with Crippen LogP contribution < -0.4 is 10.6 Å². The molecule has 0 aliphatic heterocycles. The van der Waals surface area contributed by atoms with E-state index in [1.54, 1.807) is 6.07 Å². The van der Waals surface area contributed by atoms with E-state index in [0.717, 1.165) is 47.7 Å². The summed E-state index contributed by atoms with van der Waals surface area (Å²) < 4.78 is 45.2. The van der Waals surface area contributed by atoms with Crippen LogP contribution >= 0.6 is 0 Å². The van der Waals surface area contributed by atoms with Crippen LogP contribution in [0.3, 0.4) is 0 Å². The fraction of sp³-hybridized carbons (Fsp3) is 0.200. The minimum absolute atomic E-state index is 0.267. The zero-order chi connectivity index (χ0) is 25.4. The highest BCUT2D eigenvalue weighted by molar-refractivity contribution is 5.80. The Kier molecular flexibility index (Phi) is 8.56. The summed E-state index contributed by atoms with van der Waals surface area (Å²) in [6.45, 7) is 2.72. The van der Waals surface area contributed by atoms with Gasteiger partial charge in [0.2, 0.25) is 0 Å². The van der Waals surface area contributed by atoms with Crippen molar-refractivity contribution < 1.29 is 27.5 Å². The molecule has 0 amide bonds. The molecule has 0 atom stereocenters. The number of carboxylic acid groups (broad SMARTS) is 1. The van der Waals surface area contributed by atoms with E-state index < -0.39 is 12.1 Å². The predicted octanol–water partition coefficient (Wildman–Crippen LogP) is 4.98. The van der Waals surface area contributed by atoms with Gasteiger partial charge in [-0.1, -0.05) is 36.4 Å². The van der Waals surface area contributed by atoms with Crippen LogP contribution in [0, 0.1) is 5.82 Å². The first-order valence-corrected chi connectivity index (χ1v) is 10.7. The number of nitrogens with one attached hydrogen (secondary N) is 3. The van der Waals surface area contributed by atoms with Crippen LogP contribution in [0.25, 0.3) is 33.5 Å². The first kappa shape index (κ1) is 25.9. The van der Waals surface area contributed by atoms with Gasteiger partial charge in [-0.2, -0.15) is 13.2 Å². The number of hydrogen-bond donors (Lipinski definition) is 4. The number of alkyl halides is 3. The van der Waals surface area contributed by atoms with Crippen LogP contribution in [0.2, 0.25) is 0 Å². The molecule has 4 aromatic rings. The number of rotatable bonds is 7. The molecule has 10 heteroatoms. The lowest BCUT2D eigenvalue weighted by Crippen LogP contribution is -2.24. The molecule has 0 spiro atoms. The van der Waals surface area contributed by atoms with Gasteiger partial charge in [0.25, 0.3) is 0 Å². The molecule has 1 heterocycles. The number of aromatic amines is 1. The Bertz CT molecular complexity index is 1290. The fourth-order valence-electron chi connectivity index (χ4n) is 3.27. The molecule has 0 saturated carbocycles. The van der Waals surface area contributed by atoms with Gasteiger partial charge in [0.05, 0.1) is 11.0 Å². The van der Waals surface area contributed by atoms with E-state index in [4.69, 9.17) is 9.90 Å². The zero-order valence-corrected chi connectivity index (χ0v) is 18.8. The third-order valence-corrected chi connectivity index (χ3v) is 4.96. The molecule has 0 fully saturated rings. The van der Waals surface area contributed by atoms with Crippen molar-refractivity contribution in [2.24, 2.45) is 0 Å². The molecule has 35 heavy (non-hydrogen) atoms. The van der Waals surface area contributed by atoms with Gasteiger partial charge in [0.1, 0.15) is 11.6 Å². The maximum absolute atomic E-state index is 13.4. The molecule has 0 unspecified atom stereocenters. The van der Waals surface area contributed by atoms with E-state index in [1.807, 2.05) is 19.2 Å². The van der Waals surface area contributed by atoms with E-state index in [1.165, 1.54) is 17.7 Å². The summed E-state index contributed by atoms with van der Waals surface area (Å²) in [5.41, 5.74) is 5.98. The Morgan fingerprint density at radius 1 is 0.971 bits per heavy atom. The number of imidazole rings is 1. The van der Waals surface area contributed by atoms with E-state index in [-0.39, 0.29) is 5.82 Å². The number of aromatic nitrogens is 2. The number of likely N-dealkylation sites (N-methyl/N-ethyl adjacent to an activating group) is 1. The van der Waals surface area contributed by atoms with Crippen LogP contribution in [0.1, 0.15) is 5.56 Å². The minimum atomic E-state index is -5.08. The van der Waals surface area contributed by atoms with Crippen molar-refractivity contribution in [2.45, 2.75) is 12.7 Å². The molecular weight excluding hydrogens is 464 g/mol. The highest BCUT2D eigenvalue weighted by Gasteiger charge is 2.38. The number of carbonyl (C=O) groups is 1. The maximum atomic E-state index is 13.4. The molecule has 0 aliphatic rings. The highest BCUT2D eigenvalue weighted by Crippen LogP contribution is 2.27. The highest BCUT2D eigenvalue weighted by atomic mass is 19.4. The molecule has 6 nitrogen and oxygen atoms in total. The average molecular weight is 488 g/mol. The van der Waals surface area contributed by atoms with Crippen LogP contribution in [-0.4, -0.2) is 47.4 Å². The average Bonchev–Trinajstić information content (AvgIpc) is 3.25. The molecule has 3 aromatic carbocycles. The normalized spacial score (nSPS) is 11.2. The Morgan fingerprint density at radius 2 is 1.63 bits per heavy atom. The fourth-order valence-corrected chi connectivity index (χ4v) is 3.27. The van der Waals surface area contributed by atoms with Gasteiger partial charge in [0.15, 0.2) is 0 Å². The Labute approximate surface area is 199 Å². The van der Waals surface area contributed by atoms with Crippen molar-refractivity contribution in [2.75, 3.05) is 20.1 Å². The Morgan fingerprint density at radius 3 is 2.31 bits per heavy atom. The summed E-state index contributed by atoms with van der Waals surface area (Å²) in [7, 11) is 1.95. The van der Waals surface area contributed by atoms with E-state index in [2.05, 4.69) is 57.0 Å². The number of carboxylic acids is 1. The second-order valence-electron chi connectivity index (χ2n) is 7.61. The molecule has 0 saturated heterocycles. The van der Waals surface area contributed by atoms with Gasteiger partial charge in [0, 0.05) is 25.2 Å². The first-order chi connectivity index (χ1) is 16.7. The number of benzene rings is 3. The van der Waals surface area contributed by atoms with Gasteiger partial charge in [-0.05, 0) is 54.1 Å². The minimum Gasteiger partial charge on any atom is -0.475 e. The summed E-state index contributed by atoms with van der Waals surface area (Å²) in [5, 5.41) is 13.7. The molecule has 184 valence electrons. The van der Waals surface area contributed by atoms with Gasteiger partial charge >= 0.3 is 12.1 Å². The maximum Gasteiger partial charge on any atom is 0.490 e. The molecule has 0 radical (unpaired) electrons. The lowest BCUT2D eigenvalue weighted by atomic mass is 10.0. The largest absolute Gasteiger partial charge is 0.490 e. The number of fused-ring (bicyclic) bond motifs is 1. The van der Waals surface area contributed by atoms with Gasteiger partial charge in [-0.3, -0.25) is 0 Å². The van der Waals surface area contributed by atoms with Gasteiger partial charge in [-0.25, -0.2) is 14.2 Å². The van der Waals surface area contributed by atoms with Crippen LogP contribution in [-0.2, 0) is 11.3 Å². The molecule has 1 aromatic heterocycles. The first-order valence-electron chi connectivity index (χ1n) is 10.7. The van der Waals surface area contributed by atoms with E-state index in [0.29, 0.717) is 5.52 Å². The van der Waals surface area contributed by atoms with E-state index in [9.17, 15) is 17.6 Å². The third kappa shape index (κ3) is 7.36. The van der Waals surface area contributed by atoms with Crippen molar-refractivity contribution in [3.63, 3.8) is 0 Å². The number of halogens is 4. The monoisotopic (exact) mass is 488 g/mol. The van der Waals surface area contributed by atoms with Crippen molar-refractivity contribution in [1.29, 1.82) is 0 Å². The van der Waals surface area contributed by atoms with Gasteiger partial charge in [-0.15, -0.1) is 0 Å². The van der Waals surface area contributed by atoms with Crippen molar-refractivity contribution >= 4 is 17.0 Å². The smallest absolute Gasteiger partial charge is 0.475 e. The molecule has 4 N–H and O–H groups in total. The summed E-state index contributed by atoms with van der Waals surface area (Å²) in [4.78, 5) is 16.7. The van der Waals surface area contributed by atoms with Crippen molar-refractivity contribution in [1.82, 2.24) is 20.6 Å². The van der Waals surface area contributed by atoms with Crippen molar-refractivity contribution in [3.8, 4) is 22.5 Å². The molecular formula is C25H24F4N4O2. The predicted molar refractivity (Wildman–Crippen MR) is 126 cm³/mol. The lowest BCUT2D eigenvalue weighted by Gasteiger charge is -2.08. The number of hydrogen-bond acceptors (Lipinski definition) is 4. The van der Waals surface area contributed by atoms with E-state index >= 15 is 0 Å². The summed E-state index contributed by atoms with van der Waals surface area (Å²) in [6.07, 6.45) is -5.08. The van der Waals surface area contributed by atoms with Crippen molar-refractivity contribution in [3.05, 3.63) is 78.1 Å². The zero-order valence-electron chi connectivity index (χ0n) is 18.8. The standard InChI is InChI=1S/C23H23FN4.C2HF3O2/c1-25-10-11-26-15-16-4-2-5-17(12-16)18-6-3-7-19(13-18)23-27-21-9-8-20(24)14-22(21)28-23;3-2(4,5)1(6)7/h2-9,12-14,25-26H,10-11,15H2,1H3,(H,27,28);(H,6,7). The van der Waals surface area contributed by atoms with Gasteiger partial charge < -0.3 is 20.7 Å². The number of nitrogens with zero attached hydrogens (tertiary/aromatic N) is 1. The number of H-pyrrole nitrogens is 1. The Hall–Kier alpha value is -3.76. The summed E-state index contributed by atoms with van der Waals surface area (Å²) >= 11 is 0. The Balaban J connectivity index is 0.000000429. The third-order valence-electron chi connectivity index (χ3n) is 4.96. The number of aliphatic carboxylic acids is 1. The molecule has 0 bridgehead atoms. The quantitative estimate of drug-likeness (QED) is 0.218. The second-order valence-corrected chi connectivity index (χ2v) is 7.61. The van der Waals surface area contributed by atoms with Crippen LogP contribution in [0.15, 0.2) is 66.7 Å².